The van der Waals surface area contributed by atoms with Crippen LogP contribution in [0.15, 0.2) is 69.5 Å². The lowest BCUT2D eigenvalue weighted by atomic mass is 10.3. The Kier molecular flexibility index (Phi) is 3.41. The minimum absolute atomic E-state index is 0.332. The van der Waals surface area contributed by atoms with E-state index in [-0.39, 0.29) is 6.03 Å². The second kappa shape index (κ2) is 5.75. The standard InChI is InChI=1S/C19H15O4P/c1-3-7-15-13(5-1)11-17(22-15)24(19-20-9-10-21-19)18-12-14-6-2-4-8-16(14)23-18/h1-8,11-12,19H,9-10H2. The van der Waals surface area contributed by atoms with Crippen molar-refractivity contribution in [2.75, 3.05) is 13.2 Å². The average molecular weight is 338 g/mol. The fourth-order valence-electron chi connectivity index (χ4n) is 2.98. The maximum atomic E-state index is 6.10. The summed E-state index contributed by atoms with van der Waals surface area (Å²) >= 11 is 0. The molecule has 0 amide bonds. The number of hydrogen-bond donors (Lipinski definition) is 0. The molecule has 0 aliphatic carbocycles. The van der Waals surface area contributed by atoms with E-state index in [0.717, 1.165) is 32.9 Å². The molecule has 5 rings (SSSR count). The zero-order valence-corrected chi connectivity index (χ0v) is 13.7. The van der Waals surface area contributed by atoms with Gasteiger partial charge in [0, 0.05) is 10.8 Å². The van der Waals surface area contributed by atoms with Crippen LogP contribution < -0.4 is 11.0 Å². The van der Waals surface area contributed by atoms with E-state index >= 15 is 0 Å². The molecule has 1 aliphatic rings. The van der Waals surface area contributed by atoms with Crippen LogP contribution in [0, 0.1) is 0 Å². The monoisotopic (exact) mass is 338 g/mol. The van der Waals surface area contributed by atoms with Crippen LogP contribution in [0.2, 0.25) is 0 Å². The van der Waals surface area contributed by atoms with Crippen LogP contribution in [0.5, 0.6) is 0 Å². The first-order valence-corrected chi connectivity index (χ1v) is 9.29. The van der Waals surface area contributed by atoms with Crippen molar-refractivity contribution in [1.29, 1.82) is 0 Å². The number of para-hydroxylation sites is 2. The predicted octanol–water partition coefficient (Wildman–Crippen LogP) is 3.94. The molecule has 4 nitrogen and oxygen atoms in total. The number of ether oxygens (including phenoxy) is 2. The summed E-state index contributed by atoms with van der Waals surface area (Å²) in [5.74, 6) is 0. The topological polar surface area (TPSA) is 44.7 Å². The van der Waals surface area contributed by atoms with E-state index in [4.69, 9.17) is 18.3 Å². The molecule has 0 N–H and O–H groups in total. The van der Waals surface area contributed by atoms with E-state index < -0.39 is 7.92 Å². The van der Waals surface area contributed by atoms with Crippen molar-refractivity contribution in [3.05, 3.63) is 60.7 Å². The molecule has 0 spiro atoms. The van der Waals surface area contributed by atoms with Crippen molar-refractivity contribution >= 4 is 40.9 Å². The molecule has 0 bridgehead atoms. The lowest BCUT2D eigenvalue weighted by Crippen LogP contribution is -2.20. The van der Waals surface area contributed by atoms with Gasteiger partial charge in [-0.3, -0.25) is 0 Å². The van der Waals surface area contributed by atoms with Crippen molar-refractivity contribution in [1.82, 2.24) is 0 Å². The van der Waals surface area contributed by atoms with Gasteiger partial charge in [-0.15, -0.1) is 0 Å². The Balaban J connectivity index is 1.66. The Morgan fingerprint density at radius 1 is 0.708 bits per heavy atom. The Bertz CT molecular complexity index is 857. The molecule has 1 fully saturated rings. The molecule has 3 heterocycles. The lowest BCUT2D eigenvalue weighted by molar-refractivity contribution is 0.0302. The van der Waals surface area contributed by atoms with Crippen LogP contribution in [0.4, 0.5) is 0 Å². The van der Waals surface area contributed by atoms with E-state index in [1.807, 2.05) is 48.5 Å². The van der Waals surface area contributed by atoms with Crippen LogP contribution in [-0.2, 0) is 9.47 Å². The molecule has 0 unspecified atom stereocenters. The molecule has 0 atom stereocenters. The van der Waals surface area contributed by atoms with Gasteiger partial charge in [-0.05, 0) is 24.3 Å². The molecule has 5 heteroatoms. The molecule has 24 heavy (non-hydrogen) atoms. The van der Waals surface area contributed by atoms with Gasteiger partial charge < -0.3 is 18.3 Å². The number of hydrogen-bond acceptors (Lipinski definition) is 4. The first-order valence-electron chi connectivity index (χ1n) is 7.88. The van der Waals surface area contributed by atoms with Gasteiger partial charge in [-0.1, -0.05) is 36.4 Å². The van der Waals surface area contributed by atoms with Crippen LogP contribution in [0.1, 0.15) is 0 Å². The largest absolute Gasteiger partial charge is 0.456 e. The summed E-state index contributed by atoms with van der Waals surface area (Å²) in [4.78, 5) is 0. The molecule has 0 radical (unpaired) electrons. The Hall–Kier alpha value is -2.13. The minimum atomic E-state index is -1.02. The molecular formula is C19H15O4P. The van der Waals surface area contributed by atoms with Gasteiger partial charge in [0.1, 0.15) is 22.2 Å². The normalized spacial score (nSPS) is 15.9. The first-order chi connectivity index (χ1) is 11.9. The van der Waals surface area contributed by atoms with Crippen LogP contribution in [0.25, 0.3) is 21.9 Å². The lowest BCUT2D eigenvalue weighted by Gasteiger charge is -2.18. The summed E-state index contributed by atoms with van der Waals surface area (Å²) in [6, 6.07) is 19.8. The van der Waals surface area contributed by atoms with E-state index in [0.29, 0.717) is 13.2 Å². The maximum absolute atomic E-state index is 6.10. The summed E-state index contributed by atoms with van der Waals surface area (Å²) in [5.41, 5.74) is 3.46. The highest BCUT2D eigenvalue weighted by Gasteiger charge is 2.35. The second-order valence-electron chi connectivity index (χ2n) is 5.66. The SMILES string of the molecule is c1ccc2oc(P(c3cc4ccccc4o3)C3OCCO3)cc2c1. The molecule has 2 aromatic heterocycles. The third-order valence-corrected chi connectivity index (χ3v) is 6.23. The molecule has 0 saturated carbocycles. The summed E-state index contributed by atoms with van der Waals surface area (Å²) in [6.45, 7) is 1.20. The summed E-state index contributed by atoms with van der Waals surface area (Å²) in [5, 5.41) is 2.16. The molecule has 120 valence electrons. The van der Waals surface area contributed by atoms with Gasteiger partial charge in [0.25, 0.3) is 0 Å². The van der Waals surface area contributed by atoms with Crippen LogP contribution in [0.3, 0.4) is 0 Å². The average Bonchev–Trinajstić information content (AvgIpc) is 3.34. The minimum Gasteiger partial charge on any atom is -0.456 e. The quantitative estimate of drug-likeness (QED) is 0.531. The van der Waals surface area contributed by atoms with E-state index in [1.54, 1.807) is 0 Å². The van der Waals surface area contributed by atoms with Crippen molar-refractivity contribution < 1.29 is 18.3 Å². The smallest absolute Gasteiger partial charge is 0.190 e. The third kappa shape index (κ3) is 2.35. The number of furan rings is 2. The summed E-state index contributed by atoms with van der Waals surface area (Å²) in [7, 11) is -1.02. The number of fused-ring (bicyclic) bond motifs is 2. The fourth-order valence-corrected chi connectivity index (χ4v) is 5.08. The number of rotatable bonds is 3. The molecular weight excluding hydrogens is 323 g/mol. The third-order valence-electron chi connectivity index (χ3n) is 4.11. The van der Waals surface area contributed by atoms with E-state index in [1.165, 1.54) is 0 Å². The van der Waals surface area contributed by atoms with Crippen molar-refractivity contribution in [2.45, 2.75) is 6.03 Å². The van der Waals surface area contributed by atoms with Gasteiger partial charge in [0.05, 0.1) is 21.1 Å². The molecule has 2 aromatic carbocycles. The van der Waals surface area contributed by atoms with Gasteiger partial charge in [-0.2, -0.15) is 0 Å². The summed E-state index contributed by atoms with van der Waals surface area (Å²) < 4.78 is 23.8. The zero-order valence-electron chi connectivity index (χ0n) is 12.8. The fraction of sp³-hybridized carbons (Fsp3) is 0.158. The second-order valence-corrected chi connectivity index (χ2v) is 7.71. The van der Waals surface area contributed by atoms with Crippen molar-refractivity contribution in [2.24, 2.45) is 0 Å². The predicted molar refractivity (Wildman–Crippen MR) is 94.3 cm³/mol. The van der Waals surface area contributed by atoms with Crippen LogP contribution in [-0.4, -0.2) is 19.2 Å². The maximum Gasteiger partial charge on any atom is 0.190 e. The highest BCUT2D eigenvalue weighted by molar-refractivity contribution is 7.72. The Morgan fingerprint density at radius 2 is 1.21 bits per heavy atom. The van der Waals surface area contributed by atoms with Crippen LogP contribution >= 0.6 is 7.92 Å². The zero-order chi connectivity index (χ0) is 15.9. The van der Waals surface area contributed by atoms with Gasteiger partial charge in [0.2, 0.25) is 0 Å². The molecule has 1 aliphatic heterocycles. The summed E-state index contributed by atoms with van der Waals surface area (Å²) in [6.07, 6.45) is 0. The van der Waals surface area contributed by atoms with Gasteiger partial charge in [0.15, 0.2) is 6.03 Å². The Morgan fingerprint density at radius 3 is 1.71 bits per heavy atom. The molecule has 4 aromatic rings. The molecule has 1 saturated heterocycles. The van der Waals surface area contributed by atoms with Gasteiger partial charge in [-0.25, -0.2) is 0 Å². The van der Waals surface area contributed by atoms with E-state index in [9.17, 15) is 0 Å². The highest BCUT2D eigenvalue weighted by Crippen LogP contribution is 2.44. The highest BCUT2D eigenvalue weighted by atomic mass is 31.1. The van der Waals surface area contributed by atoms with Crippen molar-refractivity contribution in [3.63, 3.8) is 0 Å². The van der Waals surface area contributed by atoms with E-state index in [2.05, 4.69) is 12.1 Å². The number of benzene rings is 2. The van der Waals surface area contributed by atoms with Gasteiger partial charge >= 0.3 is 0 Å². The first kappa shape index (κ1) is 14.2. The van der Waals surface area contributed by atoms with Crippen molar-refractivity contribution in [3.8, 4) is 0 Å². The Labute approximate surface area is 139 Å².